The number of nitrogens with zero attached hydrogens (tertiary/aromatic N) is 5. The van der Waals surface area contributed by atoms with Crippen LogP contribution in [0.25, 0.3) is 111 Å². The highest BCUT2D eigenvalue weighted by molar-refractivity contribution is 6.15. The summed E-state index contributed by atoms with van der Waals surface area (Å²) in [6, 6.07) is 65.4. The zero-order chi connectivity index (χ0) is 37.5. The van der Waals surface area contributed by atoms with E-state index in [1.807, 2.05) is 12.1 Å². The molecule has 0 amide bonds. The molecule has 0 atom stereocenters. The zero-order valence-electron chi connectivity index (χ0n) is 30.5. The topological polar surface area (TPSA) is 61.7 Å². The van der Waals surface area contributed by atoms with E-state index in [1.165, 1.54) is 10.8 Å². The molecule has 0 saturated carbocycles. The molecule has 0 radical (unpaired) electrons. The average molecular weight is 730 g/mol. The Balaban J connectivity index is 1.17. The number of hydrogen-bond acceptors (Lipinski definition) is 4. The molecule has 12 aromatic rings. The molecule has 0 aliphatic heterocycles. The first-order chi connectivity index (χ1) is 28.3. The monoisotopic (exact) mass is 729 g/mol. The van der Waals surface area contributed by atoms with Crippen LogP contribution in [0, 0.1) is 0 Å². The lowest BCUT2D eigenvalue weighted by Crippen LogP contribution is -2.08. The van der Waals surface area contributed by atoms with Crippen LogP contribution in [-0.4, -0.2) is 24.1 Å². The highest BCUT2D eigenvalue weighted by atomic mass is 16.3. The molecule has 0 fully saturated rings. The van der Waals surface area contributed by atoms with Gasteiger partial charge >= 0.3 is 0 Å². The van der Waals surface area contributed by atoms with E-state index in [4.69, 9.17) is 19.4 Å². The van der Waals surface area contributed by atoms with Crippen LogP contribution in [0.2, 0.25) is 0 Å². The van der Waals surface area contributed by atoms with Crippen molar-refractivity contribution in [3.05, 3.63) is 188 Å². The van der Waals surface area contributed by atoms with Crippen LogP contribution in [0.1, 0.15) is 0 Å². The van der Waals surface area contributed by atoms with Gasteiger partial charge in [0.1, 0.15) is 11.2 Å². The molecule has 0 aliphatic rings. The lowest BCUT2D eigenvalue weighted by atomic mass is 9.99. The highest BCUT2D eigenvalue weighted by Crippen LogP contribution is 2.41. The maximum Gasteiger partial charge on any atom is 0.238 e. The molecule has 12 rings (SSSR count). The molecule has 4 aromatic heterocycles. The van der Waals surface area contributed by atoms with Crippen LogP contribution in [-0.2, 0) is 0 Å². The van der Waals surface area contributed by atoms with Gasteiger partial charge in [-0.15, -0.1) is 0 Å². The van der Waals surface area contributed by atoms with E-state index in [1.54, 1.807) is 0 Å². The summed E-state index contributed by atoms with van der Waals surface area (Å²) in [6.07, 6.45) is 0. The molecule has 0 N–H and O–H groups in total. The first kappa shape index (κ1) is 31.5. The minimum Gasteiger partial charge on any atom is -0.455 e. The summed E-state index contributed by atoms with van der Waals surface area (Å²) < 4.78 is 11.3. The minimum atomic E-state index is 0.528. The Morgan fingerprint density at radius 2 is 0.825 bits per heavy atom. The predicted octanol–water partition coefficient (Wildman–Crippen LogP) is 13.0. The Bertz CT molecular complexity index is 3430. The maximum atomic E-state index is 6.78. The highest BCUT2D eigenvalue weighted by Gasteiger charge is 2.23. The molecule has 0 aliphatic carbocycles. The fourth-order valence-electron chi connectivity index (χ4n) is 8.77. The Kier molecular flexibility index (Phi) is 6.83. The van der Waals surface area contributed by atoms with Gasteiger partial charge in [-0.2, -0.15) is 9.97 Å². The Labute approximate surface area is 326 Å². The number of furan rings is 1. The van der Waals surface area contributed by atoms with Crippen molar-refractivity contribution in [2.45, 2.75) is 0 Å². The summed E-state index contributed by atoms with van der Waals surface area (Å²) >= 11 is 0. The van der Waals surface area contributed by atoms with Gasteiger partial charge in [0.25, 0.3) is 0 Å². The summed E-state index contributed by atoms with van der Waals surface area (Å²) in [5.41, 5.74) is 10.7. The molecule has 0 unspecified atom stereocenters. The van der Waals surface area contributed by atoms with Gasteiger partial charge < -0.3 is 8.98 Å². The Morgan fingerprint density at radius 1 is 0.351 bits per heavy atom. The standard InChI is InChI=1S/C51H31N5O/c1-2-16-32(17-3-1)33-23-15-31-46-47(33)39-24-14-25-40(48(39)57-46)50-52-49(53-51(54-50)56-43-28-11-6-20-36(43)37-21-7-12-29-44(37)56)38-22-8-13-30-45(38)55-41-26-9-4-18-34(41)35-19-5-10-27-42(35)55/h1-31H. The van der Waals surface area contributed by atoms with Crippen LogP contribution in [0.5, 0.6) is 0 Å². The first-order valence-electron chi connectivity index (χ1n) is 19.1. The third kappa shape index (κ3) is 4.74. The molecule has 57 heavy (non-hydrogen) atoms. The maximum absolute atomic E-state index is 6.78. The van der Waals surface area contributed by atoms with E-state index in [9.17, 15) is 0 Å². The summed E-state index contributed by atoms with van der Waals surface area (Å²) in [4.78, 5) is 16.1. The summed E-state index contributed by atoms with van der Waals surface area (Å²) in [7, 11) is 0. The second-order valence-electron chi connectivity index (χ2n) is 14.4. The molecular weight excluding hydrogens is 699 g/mol. The SMILES string of the molecule is c1ccc(-c2cccc3oc4c(-c5nc(-c6ccccc6-n6c7ccccc7c7ccccc76)nc(-n6c7ccccc7c7ccccc76)n5)cccc4c23)cc1. The summed E-state index contributed by atoms with van der Waals surface area (Å²) in [5, 5.41) is 6.72. The van der Waals surface area contributed by atoms with Crippen LogP contribution < -0.4 is 0 Å². The van der Waals surface area contributed by atoms with Gasteiger partial charge in [0.2, 0.25) is 5.95 Å². The molecule has 8 aromatic carbocycles. The Morgan fingerprint density at radius 3 is 1.47 bits per heavy atom. The number of hydrogen-bond donors (Lipinski definition) is 0. The molecular formula is C51H31N5O. The minimum absolute atomic E-state index is 0.528. The predicted molar refractivity (Wildman–Crippen MR) is 232 cm³/mol. The smallest absolute Gasteiger partial charge is 0.238 e. The van der Waals surface area contributed by atoms with Crippen LogP contribution in [0.3, 0.4) is 0 Å². The van der Waals surface area contributed by atoms with Crippen molar-refractivity contribution in [1.82, 2.24) is 24.1 Å². The number of fused-ring (bicyclic) bond motifs is 9. The van der Waals surface area contributed by atoms with Crippen molar-refractivity contribution in [2.24, 2.45) is 0 Å². The lowest BCUT2D eigenvalue weighted by Gasteiger charge is -2.15. The fraction of sp³-hybridized carbons (Fsp3) is 0. The van der Waals surface area contributed by atoms with E-state index in [-0.39, 0.29) is 0 Å². The molecule has 0 saturated heterocycles. The van der Waals surface area contributed by atoms with Gasteiger partial charge in [-0.3, -0.25) is 4.57 Å². The van der Waals surface area contributed by atoms with Gasteiger partial charge in [-0.05, 0) is 59.7 Å². The molecule has 6 nitrogen and oxygen atoms in total. The van der Waals surface area contributed by atoms with Crippen molar-refractivity contribution >= 4 is 65.6 Å². The van der Waals surface area contributed by atoms with Gasteiger partial charge in [-0.25, -0.2) is 4.98 Å². The zero-order valence-corrected chi connectivity index (χ0v) is 30.5. The quantitative estimate of drug-likeness (QED) is 0.177. The number of rotatable bonds is 5. The fourth-order valence-corrected chi connectivity index (χ4v) is 8.77. The van der Waals surface area contributed by atoms with Crippen LogP contribution in [0.4, 0.5) is 0 Å². The normalized spacial score (nSPS) is 11.9. The van der Waals surface area contributed by atoms with E-state index in [0.717, 1.165) is 82.7 Å². The lowest BCUT2D eigenvalue weighted by molar-refractivity contribution is 0.669. The van der Waals surface area contributed by atoms with Gasteiger partial charge in [0, 0.05) is 37.9 Å². The average Bonchev–Trinajstić information content (AvgIpc) is 3.94. The second-order valence-corrected chi connectivity index (χ2v) is 14.4. The molecule has 0 spiro atoms. The van der Waals surface area contributed by atoms with Crippen molar-refractivity contribution in [1.29, 1.82) is 0 Å². The third-order valence-electron chi connectivity index (χ3n) is 11.2. The summed E-state index contributed by atoms with van der Waals surface area (Å²) in [6.45, 7) is 0. The molecule has 266 valence electrons. The second kappa shape index (κ2) is 12.3. The first-order valence-corrected chi connectivity index (χ1v) is 19.1. The van der Waals surface area contributed by atoms with Crippen LogP contribution >= 0.6 is 0 Å². The van der Waals surface area contributed by atoms with E-state index >= 15 is 0 Å². The van der Waals surface area contributed by atoms with Gasteiger partial charge in [0.15, 0.2) is 11.6 Å². The van der Waals surface area contributed by atoms with E-state index in [0.29, 0.717) is 17.6 Å². The summed E-state index contributed by atoms with van der Waals surface area (Å²) in [5.74, 6) is 1.62. The third-order valence-corrected chi connectivity index (χ3v) is 11.2. The molecule has 6 heteroatoms. The largest absolute Gasteiger partial charge is 0.455 e. The van der Waals surface area contributed by atoms with Crippen molar-refractivity contribution in [2.75, 3.05) is 0 Å². The molecule has 4 heterocycles. The van der Waals surface area contributed by atoms with E-state index < -0.39 is 0 Å². The number of para-hydroxylation sites is 6. The van der Waals surface area contributed by atoms with E-state index in [2.05, 4.69) is 185 Å². The number of aromatic nitrogens is 5. The van der Waals surface area contributed by atoms with Crippen LogP contribution in [0.15, 0.2) is 192 Å². The molecule has 0 bridgehead atoms. The van der Waals surface area contributed by atoms with Crippen molar-refractivity contribution in [3.8, 4) is 45.5 Å². The van der Waals surface area contributed by atoms with Gasteiger partial charge in [-0.1, -0.05) is 140 Å². The van der Waals surface area contributed by atoms with Crippen molar-refractivity contribution < 1.29 is 4.42 Å². The van der Waals surface area contributed by atoms with Gasteiger partial charge in [0.05, 0.1) is 33.3 Å². The Hall–Kier alpha value is -7.83. The van der Waals surface area contributed by atoms with Crippen molar-refractivity contribution in [3.63, 3.8) is 0 Å². The number of benzene rings is 8.